The molecule has 3 aromatic heterocycles. The Morgan fingerprint density at radius 2 is 2.22 bits per heavy atom. The largest absolute Gasteiger partial charge is 0.467 e. The Balaban J connectivity index is 1.56. The topological polar surface area (TPSA) is 85.8 Å². The summed E-state index contributed by atoms with van der Waals surface area (Å²) in [5, 5.41) is 11.7. The van der Waals surface area contributed by atoms with E-state index in [1.165, 1.54) is 11.8 Å². The molecule has 1 N–H and O–H groups in total. The first-order chi connectivity index (χ1) is 11.2. The van der Waals surface area contributed by atoms with E-state index in [0.29, 0.717) is 17.5 Å². The molecule has 118 valence electrons. The van der Waals surface area contributed by atoms with E-state index in [9.17, 15) is 4.79 Å². The van der Waals surface area contributed by atoms with E-state index in [1.54, 1.807) is 18.5 Å². The van der Waals surface area contributed by atoms with Crippen LogP contribution in [0.3, 0.4) is 0 Å². The van der Waals surface area contributed by atoms with Crippen LogP contribution in [0.2, 0.25) is 0 Å². The predicted octanol–water partition coefficient (Wildman–Crippen LogP) is 1.88. The number of carbonyl (C=O) groups is 1. The Labute approximate surface area is 137 Å². The summed E-state index contributed by atoms with van der Waals surface area (Å²) in [5.41, 5.74) is 0.747. The molecule has 0 unspecified atom stereocenters. The van der Waals surface area contributed by atoms with Crippen LogP contribution in [0.4, 0.5) is 0 Å². The average molecular weight is 329 g/mol. The first kappa shape index (κ1) is 15.3. The Bertz CT molecular complexity index is 771. The molecule has 0 bridgehead atoms. The minimum absolute atomic E-state index is 0.0891. The van der Waals surface area contributed by atoms with Crippen molar-refractivity contribution in [2.24, 2.45) is 7.05 Å². The number of nitrogens with one attached hydrogen (secondary N) is 1. The van der Waals surface area contributed by atoms with Gasteiger partial charge in [-0.2, -0.15) is 0 Å². The molecule has 1 amide bonds. The van der Waals surface area contributed by atoms with Gasteiger partial charge in [-0.3, -0.25) is 9.78 Å². The lowest BCUT2D eigenvalue weighted by molar-refractivity contribution is -0.118. The summed E-state index contributed by atoms with van der Waals surface area (Å²) in [6, 6.07) is 9.21. The van der Waals surface area contributed by atoms with Crippen molar-refractivity contribution in [3.05, 3.63) is 48.6 Å². The van der Waals surface area contributed by atoms with Crippen molar-refractivity contribution in [1.82, 2.24) is 25.1 Å². The lowest BCUT2D eigenvalue weighted by atomic mass is 10.3. The van der Waals surface area contributed by atoms with Gasteiger partial charge in [-0.15, -0.1) is 10.2 Å². The summed E-state index contributed by atoms with van der Waals surface area (Å²) in [7, 11) is 1.85. The van der Waals surface area contributed by atoms with Crippen LogP contribution in [0.15, 0.2) is 52.4 Å². The van der Waals surface area contributed by atoms with Crippen LogP contribution in [0.1, 0.15) is 5.76 Å². The number of thioether (sulfide) groups is 1. The van der Waals surface area contributed by atoms with E-state index in [1.807, 2.05) is 35.9 Å². The Hall–Kier alpha value is -2.61. The molecular formula is C15H15N5O2S. The van der Waals surface area contributed by atoms with Gasteiger partial charge in [-0.25, -0.2) is 0 Å². The van der Waals surface area contributed by atoms with Crippen LogP contribution in [-0.4, -0.2) is 31.4 Å². The fourth-order valence-corrected chi connectivity index (χ4v) is 2.68. The molecule has 0 spiro atoms. The second-order valence-electron chi connectivity index (χ2n) is 4.72. The second kappa shape index (κ2) is 7.10. The van der Waals surface area contributed by atoms with E-state index >= 15 is 0 Å². The van der Waals surface area contributed by atoms with E-state index < -0.39 is 0 Å². The van der Waals surface area contributed by atoms with Crippen LogP contribution in [0, 0.1) is 0 Å². The van der Waals surface area contributed by atoms with Gasteiger partial charge in [0.05, 0.1) is 18.6 Å². The molecule has 0 radical (unpaired) electrons. The molecule has 0 saturated heterocycles. The zero-order valence-corrected chi connectivity index (χ0v) is 13.3. The number of carbonyl (C=O) groups excluding carboxylic acids is 1. The van der Waals surface area contributed by atoms with Crippen molar-refractivity contribution in [2.45, 2.75) is 11.7 Å². The van der Waals surface area contributed by atoms with Gasteiger partial charge in [0.2, 0.25) is 5.91 Å². The van der Waals surface area contributed by atoms with E-state index in [4.69, 9.17) is 4.42 Å². The fraction of sp³-hybridized carbons (Fsp3) is 0.200. The number of amides is 1. The molecule has 3 aromatic rings. The number of nitrogens with zero attached hydrogens (tertiary/aromatic N) is 4. The van der Waals surface area contributed by atoms with E-state index in [2.05, 4.69) is 20.5 Å². The fourth-order valence-electron chi connectivity index (χ4n) is 1.94. The van der Waals surface area contributed by atoms with Crippen molar-refractivity contribution >= 4 is 17.7 Å². The zero-order chi connectivity index (χ0) is 16.1. The van der Waals surface area contributed by atoms with Crippen molar-refractivity contribution in [3.8, 4) is 11.5 Å². The number of hydrogen-bond acceptors (Lipinski definition) is 6. The number of pyridine rings is 1. The highest BCUT2D eigenvalue weighted by atomic mass is 32.2. The van der Waals surface area contributed by atoms with Gasteiger partial charge in [0.1, 0.15) is 11.5 Å². The van der Waals surface area contributed by atoms with Crippen LogP contribution in [-0.2, 0) is 18.4 Å². The maximum absolute atomic E-state index is 11.9. The summed E-state index contributed by atoms with van der Waals surface area (Å²) >= 11 is 1.33. The normalized spacial score (nSPS) is 10.7. The Morgan fingerprint density at radius 3 is 2.96 bits per heavy atom. The molecule has 3 rings (SSSR count). The number of aromatic nitrogens is 4. The molecule has 0 aliphatic heterocycles. The third-order valence-electron chi connectivity index (χ3n) is 3.10. The van der Waals surface area contributed by atoms with Crippen molar-refractivity contribution in [1.29, 1.82) is 0 Å². The number of hydrogen-bond donors (Lipinski definition) is 1. The van der Waals surface area contributed by atoms with Gasteiger partial charge in [0.15, 0.2) is 11.0 Å². The first-order valence-corrected chi connectivity index (χ1v) is 7.95. The predicted molar refractivity (Wildman–Crippen MR) is 85.5 cm³/mol. The third kappa shape index (κ3) is 3.78. The lowest BCUT2D eigenvalue weighted by Gasteiger charge is -2.04. The summed E-state index contributed by atoms with van der Waals surface area (Å²) in [6.45, 7) is 0.379. The van der Waals surface area contributed by atoms with Gasteiger partial charge in [-0.05, 0) is 24.3 Å². The summed E-state index contributed by atoms with van der Waals surface area (Å²) < 4.78 is 6.99. The molecule has 3 heterocycles. The summed E-state index contributed by atoms with van der Waals surface area (Å²) in [5.74, 6) is 1.56. The average Bonchev–Trinajstić information content (AvgIpc) is 3.22. The standard InChI is InChI=1S/C15H15N5O2S/c1-20-14(12-6-2-3-7-16-12)18-19-15(20)23-10-13(21)17-9-11-5-4-8-22-11/h2-8H,9-10H2,1H3,(H,17,21). The maximum atomic E-state index is 11.9. The maximum Gasteiger partial charge on any atom is 0.230 e. The minimum Gasteiger partial charge on any atom is -0.467 e. The molecule has 7 nitrogen and oxygen atoms in total. The van der Waals surface area contributed by atoms with Crippen LogP contribution in [0.25, 0.3) is 11.5 Å². The van der Waals surface area contributed by atoms with Gasteiger partial charge >= 0.3 is 0 Å². The quantitative estimate of drug-likeness (QED) is 0.695. The monoisotopic (exact) mass is 329 g/mol. The molecule has 0 aliphatic rings. The van der Waals surface area contributed by atoms with Crippen molar-refractivity contribution in [3.63, 3.8) is 0 Å². The second-order valence-corrected chi connectivity index (χ2v) is 5.67. The molecule has 0 aliphatic carbocycles. The number of furan rings is 1. The van der Waals surface area contributed by atoms with Crippen molar-refractivity contribution in [2.75, 3.05) is 5.75 Å². The Kier molecular flexibility index (Phi) is 4.72. The minimum atomic E-state index is -0.0891. The van der Waals surface area contributed by atoms with Gasteiger partial charge in [-0.1, -0.05) is 17.8 Å². The molecular weight excluding hydrogens is 314 g/mol. The molecule has 0 saturated carbocycles. The third-order valence-corrected chi connectivity index (χ3v) is 4.12. The van der Waals surface area contributed by atoms with Gasteiger partial charge in [0.25, 0.3) is 0 Å². The van der Waals surface area contributed by atoms with Crippen molar-refractivity contribution < 1.29 is 9.21 Å². The van der Waals surface area contributed by atoms with Crippen LogP contribution < -0.4 is 5.32 Å². The Morgan fingerprint density at radius 1 is 1.30 bits per heavy atom. The van der Waals surface area contributed by atoms with Crippen LogP contribution >= 0.6 is 11.8 Å². The highest BCUT2D eigenvalue weighted by Crippen LogP contribution is 2.20. The zero-order valence-electron chi connectivity index (χ0n) is 12.5. The van der Waals surface area contributed by atoms with E-state index in [0.717, 1.165) is 11.5 Å². The molecule has 0 fully saturated rings. The van der Waals surface area contributed by atoms with Crippen LogP contribution in [0.5, 0.6) is 0 Å². The molecule has 0 aromatic carbocycles. The lowest BCUT2D eigenvalue weighted by Crippen LogP contribution is -2.24. The van der Waals surface area contributed by atoms with Gasteiger partial charge < -0.3 is 14.3 Å². The highest BCUT2D eigenvalue weighted by molar-refractivity contribution is 7.99. The first-order valence-electron chi connectivity index (χ1n) is 6.96. The molecule has 23 heavy (non-hydrogen) atoms. The molecule has 0 atom stereocenters. The van der Waals surface area contributed by atoms with E-state index in [-0.39, 0.29) is 11.7 Å². The number of rotatable bonds is 6. The highest BCUT2D eigenvalue weighted by Gasteiger charge is 2.13. The summed E-state index contributed by atoms with van der Waals surface area (Å²) in [6.07, 6.45) is 3.29. The smallest absolute Gasteiger partial charge is 0.230 e. The summed E-state index contributed by atoms with van der Waals surface area (Å²) in [4.78, 5) is 16.1. The van der Waals surface area contributed by atoms with Gasteiger partial charge in [0, 0.05) is 13.2 Å². The SMILES string of the molecule is Cn1c(SCC(=O)NCc2ccco2)nnc1-c1ccccn1. The molecule has 8 heteroatoms.